The molecule has 1 saturated heterocycles. The first-order valence-electron chi connectivity index (χ1n) is 9.83. The quantitative estimate of drug-likeness (QED) is 0.179. The van der Waals surface area contributed by atoms with E-state index in [1.165, 1.54) is 16.7 Å². The predicted octanol–water partition coefficient (Wildman–Crippen LogP) is -1.09. The first-order valence-corrected chi connectivity index (χ1v) is 11.9. The molecule has 31 heavy (non-hydrogen) atoms. The minimum absolute atomic E-state index is 0.0970. The minimum atomic E-state index is -1.21. The van der Waals surface area contributed by atoms with Gasteiger partial charge in [-0.05, 0) is 37.7 Å². The number of rotatable bonds is 13. The van der Waals surface area contributed by atoms with Crippen LogP contribution in [0.5, 0.6) is 0 Å². The van der Waals surface area contributed by atoms with Crippen LogP contribution < -0.4 is 16.4 Å². The summed E-state index contributed by atoms with van der Waals surface area (Å²) < 4.78 is 0. The monoisotopic (exact) mass is 478 g/mol. The Morgan fingerprint density at radius 1 is 1.13 bits per heavy atom. The number of carbonyl (C=O) groups excluding carboxylic acids is 3. The van der Waals surface area contributed by atoms with Gasteiger partial charge in [-0.25, -0.2) is 4.79 Å². The van der Waals surface area contributed by atoms with Gasteiger partial charge in [0.2, 0.25) is 17.7 Å². The highest BCUT2D eigenvalue weighted by molar-refractivity contribution is 7.98. The van der Waals surface area contributed by atoms with Crippen LogP contribution in [0.1, 0.15) is 32.1 Å². The summed E-state index contributed by atoms with van der Waals surface area (Å²) in [6.07, 6.45) is 2.50. The van der Waals surface area contributed by atoms with Crippen LogP contribution in [0.25, 0.3) is 0 Å². The summed E-state index contributed by atoms with van der Waals surface area (Å²) in [6, 6.07) is -4.17. The molecule has 0 spiro atoms. The van der Waals surface area contributed by atoms with Crippen LogP contribution in [0.2, 0.25) is 0 Å². The van der Waals surface area contributed by atoms with Crippen LogP contribution >= 0.6 is 24.4 Å². The van der Waals surface area contributed by atoms with Crippen LogP contribution in [-0.2, 0) is 24.0 Å². The van der Waals surface area contributed by atoms with Crippen LogP contribution in [0.4, 0.5) is 0 Å². The van der Waals surface area contributed by atoms with E-state index >= 15 is 0 Å². The number of carbonyl (C=O) groups is 5. The lowest BCUT2D eigenvalue weighted by molar-refractivity contribution is -0.149. The lowest BCUT2D eigenvalue weighted by atomic mass is 10.1. The van der Waals surface area contributed by atoms with Crippen LogP contribution in [0.3, 0.4) is 0 Å². The summed E-state index contributed by atoms with van der Waals surface area (Å²) in [5, 5.41) is 23.1. The number of amides is 3. The molecule has 0 saturated carbocycles. The highest BCUT2D eigenvalue weighted by atomic mass is 32.2. The maximum Gasteiger partial charge on any atom is 0.326 e. The molecule has 0 aromatic heterocycles. The van der Waals surface area contributed by atoms with Crippen molar-refractivity contribution < 1.29 is 34.2 Å². The van der Waals surface area contributed by atoms with Crippen molar-refractivity contribution in [1.29, 1.82) is 0 Å². The lowest BCUT2D eigenvalue weighted by Gasteiger charge is -2.28. The molecule has 4 unspecified atom stereocenters. The molecule has 176 valence electrons. The number of thioether (sulfide) groups is 1. The zero-order valence-electron chi connectivity index (χ0n) is 17.3. The third-order valence-corrected chi connectivity index (χ3v) is 5.88. The molecule has 11 nitrogen and oxygen atoms in total. The average molecular weight is 479 g/mol. The third-order valence-electron chi connectivity index (χ3n) is 4.87. The predicted molar refractivity (Wildman–Crippen MR) is 118 cm³/mol. The van der Waals surface area contributed by atoms with E-state index < -0.39 is 53.8 Å². The van der Waals surface area contributed by atoms with Crippen molar-refractivity contribution in [2.75, 3.05) is 24.3 Å². The number of nitrogens with one attached hydrogen (secondary N) is 2. The fraction of sp³-hybridized carbons (Fsp3) is 0.722. The lowest BCUT2D eigenvalue weighted by Crippen LogP contribution is -2.57. The van der Waals surface area contributed by atoms with Gasteiger partial charge in [0.25, 0.3) is 0 Å². The van der Waals surface area contributed by atoms with Gasteiger partial charge in [-0.2, -0.15) is 24.4 Å². The molecule has 0 aliphatic carbocycles. The molecule has 1 aliphatic heterocycles. The number of carboxylic acids is 2. The van der Waals surface area contributed by atoms with Crippen LogP contribution in [-0.4, -0.2) is 93.2 Å². The second-order valence-corrected chi connectivity index (χ2v) is 8.50. The first kappa shape index (κ1) is 27.0. The first-order chi connectivity index (χ1) is 14.6. The Morgan fingerprint density at radius 2 is 1.77 bits per heavy atom. The van der Waals surface area contributed by atoms with Gasteiger partial charge in [0.05, 0.1) is 6.04 Å². The van der Waals surface area contributed by atoms with Gasteiger partial charge >= 0.3 is 11.9 Å². The Morgan fingerprint density at radius 3 is 2.32 bits per heavy atom. The second-order valence-electron chi connectivity index (χ2n) is 7.15. The van der Waals surface area contributed by atoms with Crippen LogP contribution in [0.15, 0.2) is 0 Å². The number of thiol groups is 1. The highest BCUT2D eigenvalue weighted by Gasteiger charge is 2.38. The molecule has 3 amide bonds. The number of aliphatic carboxylic acids is 2. The maximum atomic E-state index is 12.8. The molecule has 0 aromatic rings. The average Bonchev–Trinajstić information content (AvgIpc) is 3.22. The molecule has 13 heteroatoms. The Kier molecular flexibility index (Phi) is 11.7. The van der Waals surface area contributed by atoms with Crippen molar-refractivity contribution >= 4 is 54.1 Å². The summed E-state index contributed by atoms with van der Waals surface area (Å²) in [4.78, 5) is 61.3. The summed E-state index contributed by atoms with van der Waals surface area (Å²) in [5.74, 6) is -3.68. The summed E-state index contributed by atoms with van der Waals surface area (Å²) >= 11 is 5.59. The van der Waals surface area contributed by atoms with E-state index in [2.05, 4.69) is 23.3 Å². The molecule has 1 heterocycles. The summed E-state index contributed by atoms with van der Waals surface area (Å²) in [7, 11) is 0. The van der Waals surface area contributed by atoms with E-state index in [4.69, 9.17) is 10.8 Å². The zero-order chi connectivity index (χ0) is 23.6. The number of hydrogen-bond acceptors (Lipinski definition) is 8. The molecule has 4 atom stereocenters. The number of nitrogens with two attached hydrogens (primary N) is 1. The van der Waals surface area contributed by atoms with Crippen molar-refractivity contribution in [2.45, 2.75) is 56.3 Å². The van der Waals surface area contributed by atoms with Crippen molar-refractivity contribution in [3.63, 3.8) is 0 Å². The number of likely N-dealkylation sites (tertiary alicyclic amines) is 1. The minimum Gasteiger partial charge on any atom is -0.481 e. The Labute approximate surface area is 190 Å². The topological polar surface area (TPSA) is 179 Å². The second kappa shape index (κ2) is 13.4. The standard InChI is InChI=1S/C18H30N4O7S2/c1-31-8-6-10(19)15(25)20-11(4-5-14(23)24)16(26)21-12(9-30)17(27)22-7-2-3-13(22)18(28)29/h10-13,30H,2-9,19H2,1H3,(H,20,25)(H,21,26)(H,23,24)(H,28,29). The third kappa shape index (κ3) is 8.57. The largest absolute Gasteiger partial charge is 0.481 e. The Hall–Kier alpha value is -1.99. The normalized spacial score (nSPS) is 18.7. The Bertz CT molecular complexity index is 679. The molecule has 0 radical (unpaired) electrons. The van der Waals surface area contributed by atoms with E-state index in [0.29, 0.717) is 25.0 Å². The molecule has 1 fully saturated rings. The van der Waals surface area contributed by atoms with Gasteiger partial charge in [0, 0.05) is 18.7 Å². The Balaban J connectivity index is 2.86. The van der Waals surface area contributed by atoms with E-state index in [1.54, 1.807) is 0 Å². The van der Waals surface area contributed by atoms with Gasteiger partial charge < -0.3 is 31.5 Å². The fourth-order valence-corrected chi connectivity index (χ4v) is 3.87. The molecule has 1 rings (SSSR count). The molecule has 0 bridgehead atoms. The van der Waals surface area contributed by atoms with Crippen molar-refractivity contribution in [2.24, 2.45) is 5.73 Å². The molecule has 6 N–H and O–H groups in total. The van der Waals surface area contributed by atoms with Crippen molar-refractivity contribution in [3.05, 3.63) is 0 Å². The highest BCUT2D eigenvalue weighted by Crippen LogP contribution is 2.19. The smallest absolute Gasteiger partial charge is 0.326 e. The SMILES string of the molecule is CSCCC(N)C(=O)NC(CCC(=O)O)C(=O)NC(CS)C(=O)N1CCCC1C(=O)O. The summed E-state index contributed by atoms with van der Waals surface area (Å²) in [6.45, 7) is 0.249. The van der Waals surface area contributed by atoms with Gasteiger partial charge in [-0.15, -0.1) is 0 Å². The fourth-order valence-electron chi connectivity index (χ4n) is 3.14. The zero-order valence-corrected chi connectivity index (χ0v) is 19.0. The van der Waals surface area contributed by atoms with Gasteiger partial charge in [-0.3, -0.25) is 19.2 Å². The summed E-state index contributed by atoms with van der Waals surface area (Å²) in [5.41, 5.74) is 5.81. The molecular weight excluding hydrogens is 448 g/mol. The number of hydrogen-bond donors (Lipinski definition) is 6. The van der Waals surface area contributed by atoms with E-state index in [9.17, 15) is 29.1 Å². The molecular formula is C18H30N4O7S2. The maximum absolute atomic E-state index is 12.8. The number of nitrogens with zero attached hydrogens (tertiary/aromatic N) is 1. The van der Waals surface area contributed by atoms with E-state index in [0.717, 1.165) is 0 Å². The van der Waals surface area contributed by atoms with Gasteiger partial charge in [-0.1, -0.05) is 0 Å². The van der Waals surface area contributed by atoms with Gasteiger partial charge in [0.15, 0.2) is 0 Å². The molecule has 1 aliphatic rings. The van der Waals surface area contributed by atoms with Crippen molar-refractivity contribution in [3.8, 4) is 0 Å². The molecule has 0 aromatic carbocycles. The number of carboxylic acid groups (broad SMARTS) is 2. The van der Waals surface area contributed by atoms with Gasteiger partial charge in [0.1, 0.15) is 18.1 Å². The van der Waals surface area contributed by atoms with Crippen LogP contribution in [0, 0.1) is 0 Å². The van der Waals surface area contributed by atoms with E-state index in [-0.39, 0.29) is 25.1 Å². The van der Waals surface area contributed by atoms with E-state index in [1.807, 2.05) is 6.26 Å². The van der Waals surface area contributed by atoms with Crippen molar-refractivity contribution in [1.82, 2.24) is 15.5 Å².